The van der Waals surface area contributed by atoms with E-state index in [4.69, 9.17) is 5.11 Å². The standard InChI is InChI=1S/C17H26N2O2.2C2H6/c1-6-9-10-16(7-2)19(8-3)17(21)12-14(4)11-15(13-20)18-5;2*1-2/h6-10,12,15,18,20H,1,3,11,13H2,2,4-5H3;2*1-2H3/b10-9-,14-12+,16-7+;;. The van der Waals surface area contributed by atoms with Gasteiger partial charge in [0.25, 0.3) is 5.91 Å². The average molecular weight is 351 g/mol. The van der Waals surface area contributed by atoms with Crippen LogP contribution in [0.25, 0.3) is 0 Å². The molecule has 1 amide bonds. The molecule has 25 heavy (non-hydrogen) atoms. The molecule has 4 heteroatoms. The van der Waals surface area contributed by atoms with Gasteiger partial charge in [0.1, 0.15) is 0 Å². The van der Waals surface area contributed by atoms with Crippen LogP contribution in [-0.2, 0) is 4.79 Å². The quantitative estimate of drug-likeness (QED) is 0.473. The van der Waals surface area contributed by atoms with Crippen LogP contribution in [-0.4, -0.2) is 35.6 Å². The van der Waals surface area contributed by atoms with Crippen LogP contribution in [0, 0.1) is 0 Å². The van der Waals surface area contributed by atoms with Gasteiger partial charge in [0, 0.05) is 24.0 Å². The number of hydrogen-bond acceptors (Lipinski definition) is 3. The van der Waals surface area contributed by atoms with Crippen molar-refractivity contribution in [3.8, 4) is 0 Å². The Morgan fingerprint density at radius 3 is 2.16 bits per heavy atom. The number of hydrogen-bond donors (Lipinski definition) is 2. The molecule has 0 aromatic rings. The summed E-state index contributed by atoms with van der Waals surface area (Å²) in [6, 6.07) is -0.0481. The molecule has 1 atom stereocenters. The van der Waals surface area contributed by atoms with E-state index in [2.05, 4.69) is 18.5 Å². The van der Waals surface area contributed by atoms with Crippen molar-refractivity contribution in [2.24, 2.45) is 0 Å². The zero-order chi connectivity index (χ0) is 20.3. The van der Waals surface area contributed by atoms with Gasteiger partial charge in [0.05, 0.1) is 6.61 Å². The highest BCUT2D eigenvalue weighted by Crippen LogP contribution is 2.11. The number of carbonyl (C=O) groups is 1. The zero-order valence-corrected chi connectivity index (χ0v) is 17.2. The molecule has 0 aromatic heterocycles. The van der Waals surface area contributed by atoms with Crippen LogP contribution in [0.4, 0.5) is 0 Å². The Morgan fingerprint density at radius 2 is 1.80 bits per heavy atom. The Hall–Kier alpha value is -1.91. The molecule has 0 bridgehead atoms. The highest BCUT2D eigenvalue weighted by Gasteiger charge is 2.12. The lowest BCUT2D eigenvalue weighted by atomic mass is 10.1. The summed E-state index contributed by atoms with van der Waals surface area (Å²) in [6.07, 6.45) is 10.7. The second kappa shape index (κ2) is 20.1. The second-order valence-corrected chi connectivity index (χ2v) is 4.56. The number of nitrogens with zero attached hydrogens (tertiary/aromatic N) is 1. The van der Waals surface area contributed by atoms with Crippen LogP contribution in [0.5, 0.6) is 0 Å². The van der Waals surface area contributed by atoms with Crippen LogP contribution in [0.3, 0.4) is 0 Å². The molecule has 0 radical (unpaired) electrons. The van der Waals surface area contributed by atoms with E-state index in [9.17, 15) is 4.79 Å². The maximum Gasteiger partial charge on any atom is 0.254 e. The van der Waals surface area contributed by atoms with Crippen LogP contribution in [0.2, 0.25) is 0 Å². The van der Waals surface area contributed by atoms with Gasteiger partial charge in [0.15, 0.2) is 0 Å². The Morgan fingerprint density at radius 1 is 1.24 bits per heavy atom. The number of aliphatic hydroxyl groups excluding tert-OH is 1. The molecular formula is C21H38N2O2. The molecule has 144 valence electrons. The van der Waals surface area contributed by atoms with Crippen molar-refractivity contribution in [3.05, 3.63) is 61.0 Å². The van der Waals surface area contributed by atoms with E-state index in [0.29, 0.717) is 6.42 Å². The normalized spacial score (nSPS) is 12.3. The fourth-order valence-electron chi connectivity index (χ4n) is 1.79. The lowest BCUT2D eigenvalue weighted by Crippen LogP contribution is -2.29. The molecule has 0 heterocycles. The summed E-state index contributed by atoms with van der Waals surface area (Å²) in [5.74, 6) is -0.169. The van der Waals surface area contributed by atoms with Crippen LogP contribution >= 0.6 is 0 Å². The topological polar surface area (TPSA) is 52.6 Å². The molecule has 0 aliphatic rings. The Labute approximate surface area is 155 Å². The third-order valence-electron chi connectivity index (χ3n) is 2.96. The SMILES string of the molecule is C=C/C=C\C(=C/C)N(C=C)C(=O)/C=C(\C)CC(CO)NC.CC.CC. The summed E-state index contributed by atoms with van der Waals surface area (Å²) in [6.45, 7) is 19.0. The van der Waals surface area contributed by atoms with Gasteiger partial charge in [-0.05, 0) is 33.4 Å². The third kappa shape index (κ3) is 13.1. The van der Waals surface area contributed by atoms with E-state index >= 15 is 0 Å². The van der Waals surface area contributed by atoms with Crippen molar-refractivity contribution in [2.75, 3.05) is 13.7 Å². The van der Waals surface area contributed by atoms with Crippen molar-refractivity contribution in [3.63, 3.8) is 0 Å². The molecular weight excluding hydrogens is 312 g/mol. The molecule has 0 rings (SSSR count). The largest absolute Gasteiger partial charge is 0.395 e. The van der Waals surface area contributed by atoms with Crippen molar-refractivity contribution in [1.82, 2.24) is 10.2 Å². The zero-order valence-electron chi connectivity index (χ0n) is 17.2. The minimum Gasteiger partial charge on any atom is -0.395 e. The van der Waals surface area contributed by atoms with Crippen LogP contribution < -0.4 is 5.32 Å². The summed E-state index contributed by atoms with van der Waals surface area (Å²) in [5, 5.41) is 12.2. The van der Waals surface area contributed by atoms with Gasteiger partial charge in [-0.3, -0.25) is 9.69 Å². The number of aliphatic hydroxyl groups is 1. The predicted molar refractivity (Wildman–Crippen MR) is 111 cm³/mol. The first-order chi connectivity index (χ1) is 12.0. The van der Waals surface area contributed by atoms with E-state index in [1.807, 2.05) is 47.6 Å². The fraction of sp³-hybridized carbons (Fsp3) is 0.476. The molecule has 2 N–H and O–H groups in total. The molecule has 1 unspecified atom stereocenters. The number of allylic oxidation sites excluding steroid dienone is 4. The minimum atomic E-state index is -0.169. The van der Waals surface area contributed by atoms with Gasteiger partial charge in [-0.1, -0.05) is 64.7 Å². The highest BCUT2D eigenvalue weighted by molar-refractivity contribution is 5.90. The highest BCUT2D eigenvalue weighted by atomic mass is 16.3. The first-order valence-corrected chi connectivity index (χ1v) is 8.90. The number of amides is 1. The van der Waals surface area contributed by atoms with Crippen molar-refractivity contribution < 1.29 is 9.90 Å². The van der Waals surface area contributed by atoms with E-state index in [0.717, 1.165) is 11.3 Å². The second-order valence-electron chi connectivity index (χ2n) is 4.56. The van der Waals surface area contributed by atoms with Crippen molar-refractivity contribution in [2.45, 2.75) is 54.0 Å². The molecule has 0 spiro atoms. The van der Waals surface area contributed by atoms with Gasteiger partial charge in [-0.15, -0.1) is 0 Å². The minimum absolute atomic E-state index is 0.0310. The molecule has 4 nitrogen and oxygen atoms in total. The summed E-state index contributed by atoms with van der Waals surface area (Å²) in [7, 11) is 1.78. The predicted octanol–water partition coefficient (Wildman–Crippen LogP) is 4.57. The molecule has 0 aliphatic heterocycles. The van der Waals surface area contributed by atoms with Gasteiger partial charge in [-0.25, -0.2) is 0 Å². The average Bonchev–Trinajstić information content (AvgIpc) is 2.66. The van der Waals surface area contributed by atoms with Gasteiger partial charge < -0.3 is 10.4 Å². The third-order valence-corrected chi connectivity index (χ3v) is 2.96. The van der Waals surface area contributed by atoms with Crippen molar-refractivity contribution in [1.29, 1.82) is 0 Å². The molecule has 0 saturated heterocycles. The molecule has 0 aliphatic carbocycles. The van der Waals surface area contributed by atoms with Gasteiger partial charge >= 0.3 is 0 Å². The molecule has 0 saturated carbocycles. The Kier molecular flexibility index (Phi) is 22.5. The lowest BCUT2D eigenvalue weighted by molar-refractivity contribution is -0.122. The summed E-state index contributed by atoms with van der Waals surface area (Å²) < 4.78 is 0. The fourth-order valence-corrected chi connectivity index (χ4v) is 1.79. The first-order valence-electron chi connectivity index (χ1n) is 8.90. The van der Waals surface area contributed by atoms with Crippen LogP contribution in [0.1, 0.15) is 48.0 Å². The van der Waals surface area contributed by atoms with E-state index < -0.39 is 0 Å². The number of nitrogens with one attached hydrogen (secondary N) is 1. The van der Waals surface area contributed by atoms with Gasteiger partial charge in [-0.2, -0.15) is 0 Å². The first kappa shape index (κ1) is 27.9. The Balaban J connectivity index is -0.00000112. The number of carbonyl (C=O) groups excluding carboxylic acids is 1. The summed E-state index contributed by atoms with van der Waals surface area (Å²) >= 11 is 0. The summed E-state index contributed by atoms with van der Waals surface area (Å²) in [4.78, 5) is 13.8. The number of rotatable bonds is 9. The Bertz CT molecular complexity index is 445. The number of likely N-dealkylation sites (N-methyl/N-ethyl adjacent to an activating group) is 1. The molecule has 0 fully saturated rings. The van der Waals surface area contributed by atoms with Crippen LogP contribution in [0.15, 0.2) is 61.0 Å². The summed E-state index contributed by atoms with van der Waals surface area (Å²) in [5.41, 5.74) is 1.62. The van der Waals surface area contributed by atoms with Gasteiger partial charge in [0.2, 0.25) is 0 Å². The lowest BCUT2D eigenvalue weighted by Gasteiger charge is -2.18. The smallest absolute Gasteiger partial charge is 0.254 e. The van der Waals surface area contributed by atoms with E-state index in [1.54, 1.807) is 31.4 Å². The monoisotopic (exact) mass is 350 g/mol. The van der Waals surface area contributed by atoms with E-state index in [-0.39, 0.29) is 18.6 Å². The van der Waals surface area contributed by atoms with E-state index in [1.165, 1.54) is 11.1 Å². The molecule has 0 aromatic carbocycles. The van der Waals surface area contributed by atoms with Crippen molar-refractivity contribution >= 4 is 5.91 Å². The maximum absolute atomic E-state index is 12.3. The maximum atomic E-state index is 12.3.